The second-order valence-corrected chi connectivity index (χ2v) is 3.52. The zero-order valence-corrected chi connectivity index (χ0v) is 8.90. The van der Waals surface area contributed by atoms with Gasteiger partial charge < -0.3 is 10.6 Å². The highest BCUT2D eigenvalue weighted by molar-refractivity contribution is 6.04. The second kappa shape index (κ2) is 4.64. The summed E-state index contributed by atoms with van der Waals surface area (Å²) < 4.78 is 0. The number of urea groups is 1. The molecule has 1 aromatic rings. The van der Waals surface area contributed by atoms with Crippen molar-refractivity contribution in [1.82, 2.24) is 25.7 Å². The molecule has 0 spiro atoms. The number of aromatic amines is 1. The molecule has 3 N–H and O–H groups in total. The van der Waals surface area contributed by atoms with E-state index in [1.165, 1.54) is 0 Å². The first kappa shape index (κ1) is 11.1. The van der Waals surface area contributed by atoms with E-state index in [-0.39, 0.29) is 13.1 Å². The molecule has 4 amide bonds. The average molecular weight is 237 g/mol. The Kier molecular flexibility index (Phi) is 3.03. The van der Waals surface area contributed by atoms with Crippen molar-refractivity contribution in [2.45, 2.75) is 6.54 Å². The fourth-order valence-corrected chi connectivity index (χ4v) is 1.39. The lowest BCUT2D eigenvalue weighted by molar-refractivity contribution is -0.130. The molecular formula is C9H11N5O3. The molecule has 0 saturated carbocycles. The summed E-state index contributed by atoms with van der Waals surface area (Å²) in [5, 5.41) is 11.3. The molecule has 0 aromatic carbocycles. The smallest absolute Gasteiger partial charge is 0.325 e. The van der Waals surface area contributed by atoms with E-state index in [4.69, 9.17) is 0 Å². The highest BCUT2D eigenvalue weighted by atomic mass is 16.2. The molecule has 1 aliphatic rings. The lowest BCUT2D eigenvalue weighted by Gasteiger charge is -2.11. The van der Waals surface area contributed by atoms with Gasteiger partial charge in [-0.05, 0) is 0 Å². The Morgan fingerprint density at radius 2 is 2.35 bits per heavy atom. The average Bonchev–Trinajstić information content (AvgIpc) is 2.91. The van der Waals surface area contributed by atoms with Crippen LogP contribution in [0.25, 0.3) is 0 Å². The summed E-state index contributed by atoms with van der Waals surface area (Å²) in [4.78, 5) is 34.7. The van der Waals surface area contributed by atoms with Gasteiger partial charge in [0.05, 0.1) is 12.7 Å². The second-order valence-electron chi connectivity index (χ2n) is 3.52. The predicted molar refractivity (Wildman–Crippen MR) is 55.5 cm³/mol. The third-order valence-electron chi connectivity index (χ3n) is 2.28. The largest absolute Gasteiger partial charge is 0.350 e. The maximum absolute atomic E-state index is 11.5. The summed E-state index contributed by atoms with van der Waals surface area (Å²) in [7, 11) is 0. The molecule has 90 valence electrons. The van der Waals surface area contributed by atoms with Gasteiger partial charge in [0.2, 0.25) is 5.91 Å². The van der Waals surface area contributed by atoms with Gasteiger partial charge in [-0.1, -0.05) is 0 Å². The number of hydrogen-bond acceptors (Lipinski definition) is 4. The lowest BCUT2D eigenvalue weighted by atomic mass is 10.3. The van der Waals surface area contributed by atoms with E-state index >= 15 is 0 Å². The predicted octanol–water partition coefficient (Wildman–Crippen LogP) is -1.42. The molecule has 1 aromatic heterocycles. The van der Waals surface area contributed by atoms with Gasteiger partial charge in [0.1, 0.15) is 6.54 Å². The van der Waals surface area contributed by atoms with Crippen molar-refractivity contribution in [2.24, 2.45) is 0 Å². The summed E-state index contributed by atoms with van der Waals surface area (Å²) in [5.74, 6) is -0.787. The first-order chi connectivity index (χ1) is 8.16. The van der Waals surface area contributed by atoms with E-state index in [1.807, 2.05) is 0 Å². The molecular weight excluding hydrogens is 226 g/mol. The maximum atomic E-state index is 11.5. The topological polar surface area (TPSA) is 107 Å². The molecule has 0 bridgehead atoms. The van der Waals surface area contributed by atoms with Gasteiger partial charge in [-0.25, -0.2) is 4.79 Å². The normalized spacial score (nSPS) is 14.9. The number of carbonyl (C=O) groups excluding carboxylic acids is 3. The number of aromatic nitrogens is 2. The summed E-state index contributed by atoms with van der Waals surface area (Å²) in [6.45, 7) is -0.00462. The van der Waals surface area contributed by atoms with Gasteiger partial charge in [0, 0.05) is 18.3 Å². The van der Waals surface area contributed by atoms with Crippen LogP contribution in [0.5, 0.6) is 0 Å². The number of H-pyrrole nitrogens is 1. The van der Waals surface area contributed by atoms with Crippen LogP contribution >= 0.6 is 0 Å². The minimum absolute atomic E-state index is 0.0478. The molecule has 2 heterocycles. The minimum Gasteiger partial charge on any atom is -0.350 e. The Balaban J connectivity index is 1.81. The Morgan fingerprint density at radius 3 is 2.94 bits per heavy atom. The van der Waals surface area contributed by atoms with Gasteiger partial charge in [0.15, 0.2) is 0 Å². The van der Waals surface area contributed by atoms with Crippen molar-refractivity contribution < 1.29 is 14.4 Å². The van der Waals surface area contributed by atoms with Crippen LogP contribution in [-0.4, -0.2) is 46.0 Å². The third-order valence-corrected chi connectivity index (χ3v) is 2.28. The zero-order valence-electron chi connectivity index (χ0n) is 8.90. The van der Waals surface area contributed by atoms with Gasteiger partial charge in [0.25, 0.3) is 5.91 Å². The number of hydrogen-bond donors (Lipinski definition) is 3. The molecule has 1 saturated heterocycles. The van der Waals surface area contributed by atoms with Crippen LogP contribution < -0.4 is 10.6 Å². The van der Waals surface area contributed by atoms with Crippen LogP contribution in [0.4, 0.5) is 4.79 Å². The van der Waals surface area contributed by atoms with Crippen molar-refractivity contribution >= 4 is 17.8 Å². The van der Waals surface area contributed by atoms with Gasteiger partial charge in [-0.2, -0.15) is 5.10 Å². The highest BCUT2D eigenvalue weighted by Gasteiger charge is 2.29. The van der Waals surface area contributed by atoms with Gasteiger partial charge in [-0.3, -0.25) is 19.6 Å². The fourth-order valence-electron chi connectivity index (χ4n) is 1.39. The zero-order chi connectivity index (χ0) is 12.3. The van der Waals surface area contributed by atoms with E-state index in [9.17, 15) is 14.4 Å². The van der Waals surface area contributed by atoms with Crippen LogP contribution in [-0.2, 0) is 16.1 Å². The van der Waals surface area contributed by atoms with Crippen LogP contribution in [0.15, 0.2) is 12.4 Å². The van der Waals surface area contributed by atoms with E-state index < -0.39 is 17.8 Å². The Labute approximate surface area is 96.4 Å². The van der Waals surface area contributed by atoms with Crippen molar-refractivity contribution in [3.8, 4) is 0 Å². The van der Waals surface area contributed by atoms with Crippen LogP contribution in [0.1, 0.15) is 5.56 Å². The van der Waals surface area contributed by atoms with E-state index in [2.05, 4.69) is 20.8 Å². The van der Waals surface area contributed by atoms with E-state index in [1.54, 1.807) is 12.4 Å². The van der Waals surface area contributed by atoms with Crippen LogP contribution in [0.3, 0.4) is 0 Å². The van der Waals surface area contributed by atoms with Crippen molar-refractivity contribution in [3.05, 3.63) is 18.0 Å². The van der Waals surface area contributed by atoms with Crippen LogP contribution in [0, 0.1) is 0 Å². The molecule has 0 atom stereocenters. The molecule has 1 fully saturated rings. The number of nitrogens with one attached hydrogen (secondary N) is 3. The van der Waals surface area contributed by atoms with Gasteiger partial charge in [-0.15, -0.1) is 0 Å². The number of rotatable bonds is 4. The quantitative estimate of drug-likeness (QED) is 0.558. The number of carbonyl (C=O) groups is 3. The first-order valence-electron chi connectivity index (χ1n) is 4.99. The SMILES string of the molecule is O=C(CN1C(=O)CNC1=O)NCc1cn[nH]c1. The van der Waals surface area contributed by atoms with Gasteiger partial charge >= 0.3 is 6.03 Å². The summed E-state index contributed by atoms with van der Waals surface area (Å²) in [6.07, 6.45) is 3.22. The van der Waals surface area contributed by atoms with E-state index in [0.29, 0.717) is 6.54 Å². The Hall–Kier alpha value is -2.38. The molecule has 8 nitrogen and oxygen atoms in total. The summed E-state index contributed by atoms with van der Waals surface area (Å²) in [5.41, 5.74) is 0.815. The van der Waals surface area contributed by atoms with Crippen molar-refractivity contribution in [3.63, 3.8) is 0 Å². The molecule has 8 heteroatoms. The molecule has 17 heavy (non-hydrogen) atoms. The molecule has 0 radical (unpaired) electrons. The molecule has 0 aliphatic carbocycles. The van der Waals surface area contributed by atoms with Crippen molar-refractivity contribution in [1.29, 1.82) is 0 Å². The Bertz CT molecular complexity index is 425. The maximum Gasteiger partial charge on any atom is 0.325 e. The Morgan fingerprint density at radius 1 is 1.53 bits per heavy atom. The minimum atomic E-state index is -0.534. The molecule has 2 rings (SSSR count). The third kappa shape index (κ3) is 2.60. The number of imide groups is 1. The number of amides is 4. The highest BCUT2D eigenvalue weighted by Crippen LogP contribution is 1.98. The standard InChI is InChI=1S/C9H11N5O3/c15-7(10-1-6-2-12-13-3-6)5-14-8(16)4-11-9(14)17/h2-3H,1,4-5H2,(H,10,15)(H,11,17)(H,12,13). The molecule has 1 aliphatic heterocycles. The van der Waals surface area contributed by atoms with E-state index in [0.717, 1.165) is 10.5 Å². The van der Waals surface area contributed by atoms with Crippen LogP contribution in [0.2, 0.25) is 0 Å². The first-order valence-corrected chi connectivity index (χ1v) is 4.99. The lowest BCUT2D eigenvalue weighted by Crippen LogP contribution is -2.40. The molecule has 0 unspecified atom stereocenters. The summed E-state index contributed by atoms with van der Waals surface area (Å²) in [6, 6.07) is -0.534. The fraction of sp³-hybridized carbons (Fsp3) is 0.333. The monoisotopic (exact) mass is 237 g/mol. The number of nitrogens with zero attached hydrogens (tertiary/aromatic N) is 2. The summed E-state index contributed by atoms with van der Waals surface area (Å²) >= 11 is 0. The van der Waals surface area contributed by atoms with Crippen molar-refractivity contribution in [2.75, 3.05) is 13.1 Å².